The molecule has 2 aromatic rings. The average molecular weight is 439 g/mol. The molecule has 27 heavy (non-hydrogen) atoms. The smallest absolute Gasteiger partial charge is 0.345 e. The van der Waals surface area contributed by atoms with Gasteiger partial charge in [-0.25, -0.2) is 17.5 Å². The molecule has 0 atom stereocenters. The zero-order valence-corrected chi connectivity index (χ0v) is 19.9. The van der Waals surface area contributed by atoms with Crippen molar-refractivity contribution in [2.75, 3.05) is 19.3 Å². The van der Waals surface area contributed by atoms with Crippen molar-refractivity contribution in [3.05, 3.63) is 56.7 Å². The minimum atomic E-state index is -3.27. The van der Waals surface area contributed by atoms with E-state index in [0.717, 1.165) is 23.3 Å². The van der Waals surface area contributed by atoms with E-state index < -0.39 is 16.0 Å². The summed E-state index contributed by atoms with van der Waals surface area (Å²) in [6, 6.07) is 10.9. The van der Waals surface area contributed by atoms with E-state index in [1.807, 2.05) is 24.3 Å². The third-order valence-electron chi connectivity index (χ3n) is 3.93. The van der Waals surface area contributed by atoms with Gasteiger partial charge in [-0.3, -0.25) is 0 Å². The number of carboxylic acid groups (broad SMARTS) is 1. The molecule has 0 aliphatic rings. The van der Waals surface area contributed by atoms with Crippen molar-refractivity contribution in [3.8, 4) is 0 Å². The van der Waals surface area contributed by atoms with Crippen LogP contribution in [0.3, 0.4) is 0 Å². The van der Waals surface area contributed by atoms with Crippen LogP contribution in [0, 0.1) is 0 Å². The Morgan fingerprint density at radius 3 is 2.37 bits per heavy atom. The van der Waals surface area contributed by atoms with Crippen LogP contribution in [0.1, 0.15) is 33.0 Å². The van der Waals surface area contributed by atoms with E-state index >= 15 is 0 Å². The molecular formula is C18H22ClNNaO4S2. The quantitative estimate of drug-likeness (QED) is 0.575. The zero-order chi connectivity index (χ0) is 19.2. The van der Waals surface area contributed by atoms with Crippen LogP contribution in [-0.4, -0.2) is 72.7 Å². The van der Waals surface area contributed by atoms with Crippen LogP contribution in [0.2, 0.25) is 5.02 Å². The molecule has 1 N–H and O–H groups in total. The third-order valence-corrected chi connectivity index (χ3v) is 6.61. The molecule has 1 heterocycles. The number of carbonyl (C=O) groups is 1. The van der Waals surface area contributed by atoms with Gasteiger partial charge < -0.3 is 5.11 Å². The fraction of sp³-hybridized carbons (Fsp3) is 0.389. The first kappa shape index (κ1) is 24.6. The standard InChI is InChI=1S/C18H22ClNO4S2.Na/c1-26(23,24)20(11-3-6-14-5-2-7-15(19)13-14)12-4-8-16-9-10-17(25-16)18(21)22;/h2,5,7,9-10,13H,3-4,6,8,11-12H2,1H3,(H,21,22);. The van der Waals surface area contributed by atoms with Crippen molar-refractivity contribution >= 4 is 68.5 Å². The molecule has 2 rings (SSSR count). The molecule has 0 saturated carbocycles. The maximum Gasteiger partial charge on any atom is 0.345 e. The first-order valence-corrected chi connectivity index (χ1v) is 11.3. The second-order valence-corrected chi connectivity index (χ2v) is 9.66. The second kappa shape index (κ2) is 11.6. The van der Waals surface area contributed by atoms with E-state index in [1.165, 1.54) is 21.9 Å². The maximum absolute atomic E-state index is 12.0. The minimum absolute atomic E-state index is 0. The number of thiophene rings is 1. The molecule has 1 aromatic carbocycles. The van der Waals surface area contributed by atoms with Crippen LogP contribution in [0.15, 0.2) is 36.4 Å². The van der Waals surface area contributed by atoms with E-state index in [1.54, 1.807) is 12.1 Å². The molecule has 5 nitrogen and oxygen atoms in total. The molecule has 1 aromatic heterocycles. The van der Waals surface area contributed by atoms with Crippen LogP contribution in [0.5, 0.6) is 0 Å². The number of rotatable bonds is 10. The number of aryl methyl sites for hydroxylation is 2. The number of sulfonamides is 1. The van der Waals surface area contributed by atoms with Gasteiger partial charge in [0.15, 0.2) is 0 Å². The summed E-state index contributed by atoms with van der Waals surface area (Å²) in [6.45, 7) is 0.880. The monoisotopic (exact) mass is 438 g/mol. The van der Waals surface area contributed by atoms with Crippen LogP contribution < -0.4 is 0 Å². The molecule has 143 valence electrons. The summed E-state index contributed by atoms with van der Waals surface area (Å²) in [5.74, 6) is -0.931. The van der Waals surface area contributed by atoms with E-state index in [0.29, 0.717) is 35.8 Å². The van der Waals surface area contributed by atoms with Gasteiger partial charge in [0.1, 0.15) is 4.88 Å². The normalized spacial score (nSPS) is 11.4. The Hall–Kier alpha value is -0.410. The van der Waals surface area contributed by atoms with Crippen molar-refractivity contribution in [3.63, 3.8) is 0 Å². The van der Waals surface area contributed by atoms with Gasteiger partial charge in [-0.2, -0.15) is 0 Å². The Bertz CT molecular complexity index is 855. The fourth-order valence-electron chi connectivity index (χ4n) is 2.65. The molecule has 0 amide bonds. The van der Waals surface area contributed by atoms with Crippen molar-refractivity contribution < 1.29 is 18.3 Å². The molecule has 0 saturated heterocycles. The molecule has 1 radical (unpaired) electrons. The molecular weight excluding hydrogens is 417 g/mol. The number of aromatic carboxylic acids is 1. The summed E-state index contributed by atoms with van der Waals surface area (Å²) < 4.78 is 25.5. The SMILES string of the molecule is CS(=O)(=O)N(CCCc1cccc(Cl)c1)CCCc1ccc(C(=O)O)s1.[Na]. The number of benzene rings is 1. The number of hydrogen-bond acceptors (Lipinski definition) is 4. The van der Waals surface area contributed by atoms with Gasteiger partial charge in [-0.15, -0.1) is 11.3 Å². The summed E-state index contributed by atoms with van der Waals surface area (Å²) in [4.78, 5) is 12.2. The Morgan fingerprint density at radius 2 is 1.81 bits per heavy atom. The van der Waals surface area contributed by atoms with E-state index in [4.69, 9.17) is 16.7 Å². The summed E-state index contributed by atoms with van der Waals surface area (Å²) in [6.07, 6.45) is 4.02. The second-order valence-electron chi connectivity index (χ2n) is 6.07. The van der Waals surface area contributed by atoms with Gasteiger partial charge in [0.2, 0.25) is 10.0 Å². The minimum Gasteiger partial charge on any atom is -0.477 e. The molecule has 0 bridgehead atoms. The van der Waals surface area contributed by atoms with Gasteiger partial charge in [0.25, 0.3) is 0 Å². The predicted octanol–water partition coefficient (Wildman–Crippen LogP) is 3.55. The Kier molecular flexibility index (Phi) is 10.5. The van der Waals surface area contributed by atoms with Gasteiger partial charge in [0, 0.05) is 52.5 Å². The van der Waals surface area contributed by atoms with E-state index in [2.05, 4.69) is 0 Å². The van der Waals surface area contributed by atoms with Crippen LogP contribution in [0.25, 0.3) is 0 Å². The zero-order valence-electron chi connectivity index (χ0n) is 15.5. The molecule has 0 fully saturated rings. The van der Waals surface area contributed by atoms with Gasteiger partial charge in [-0.05, 0) is 55.5 Å². The number of halogens is 1. The van der Waals surface area contributed by atoms with Crippen molar-refractivity contribution in [1.82, 2.24) is 4.31 Å². The Balaban J connectivity index is 0.00000364. The average Bonchev–Trinajstić information content (AvgIpc) is 3.02. The van der Waals surface area contributed by atoms with Crippen molar-refractivity contribution in [2.24, 2.45) is 0 Å². The summed E-state index contributed by atoms with van der Waals surface area (Å²) >= 11 is 7.20. The number of carboxylic acids is 1. The Morgan fingerprint density at radius 1 is 1.15 bits per heavy atom. The first-order valence-electron chi connectivity index (χ1n) is 8.27. The molecule has 0 unspecified atom stereocenters. The topological polar surface area (TPSA) is 74.7 Å². The van der Waals surface area contributed by atoms with E-state index in [-0.39, 0.29) is 29.6 Å². The van der Waals surface area contributed by atoms with Crippen molar-refractivity contribution in [2.45, 2.75) is 25.7 Å². The number of nitrogens with zero attached hydrogens (tertiary/aromatic N) is 1. The first-order chi connectivity index (χ1) is 12.3. The van der Waals surface area contributed by atoms with Gasteiger partial charge in [-0.1, -0.05) is 23.7 Å². The van der Waals surface area contributed by atoms with Crippen LogP contribution in [0.4, 0.5) is 0 Å². The van der Waals surface area contributed by atoms with E-state index in [9.17, 15) is 13.2 Å². The molecule has 0 spiro atoms. The van der Waals surface area contributed by atoms with Crippen molar-refractivity contribution in [1.29, 1.82) is 0 Å². The third kappa shape index (κ3) is 8.64. The van der Waals surface area contributed by atoms with Gasteiger partial charge in [0.05, 0.1) is 6.26 Å². The molecule has 0 aliphatic carbocycles. The predicted molar refractivity (Wildman–Crippen MR) is 112 cm³/mol. The molecule has 0 aliphatic heterocycles. The van der Waals surface area contributed by atoms with Gasteiger partial charge >= 0.3 is 5.97 Å². The molecule has 9 heteroatoms. The number of hydrogen-bond donors (Lipinski definition) is 1. The Labute approximate surface area is 191 Å². The van der Waals surface area contributed by atoms with Crippen LogP contribution in [-0.2, 0) is 22.9 Å². The van der Waals surface area contributed by atoms with Crippen LogP contribution >= 0.6 is 22.9 Å². The maximum atomic E-state index is 12.0. The summed E-state index contributed by atoms with van der Waals surface area (Å²) in [7, 11) is -3.27. The summed E-state index contributed by atoms with van der Waals surface area (Å²) in [5.41, 5.74) is 1.09. The summed E-state index contributed by atoms with van der Waals surface area (Å²) in [5, 5.41) is 9.62. The largest absolute Gasteiger partial charge is 0.477 e. The fourth-order valence-corrected chi connectivity index (χ4v) is 4.68.